The van der Waals surface area contributed by atoms with Crippen LogP contribution in [0.25, 0.3) is 0 Å². The zero-order chi connectivity index (χ0) is 16.8. The van der Waals surface area contributed by atoms with Gasteiger partial charge in [-0.2, -0.15) is 0 Å². The lowest BCUT2D eigenvalue weighted by molar-refractivity contribution is 0.235. The fourth-order valence-corrected chi connectivity index (χ4v) is 2.46. The summed E-state index contributed by atoms with van der Waals surface area (Å²) in [5, 5.41) is 13.0. The molecule has 0 aromatic heterocycles. The van der Waals surface area contributed by atoms with E-state index in [1.54, 1.807) is 19.2 Å². The largest absolute Gasteiger partial charge is 0.497 e. The Balaban J connectivity index is 2.15. The van der Waals surface area contributed by atoms with E-state index in [-0.39, 0.29) is 24.4 Å². The van der Waals surface area contributed by atoms with Crippen molar-refractivity contribution in [2.45, 2.75) is 19.0 Å². The number of benzene rings is 2. The summed E-state index contributed by atoms with van der Waals surface area (Å²) in [6.07, 6.45) is 0. The highest BCUT2D eigenvalue weighted by atomic mass is 19.1. The molecule has 0 heterocycles. The molecule has 2 atom stereocenters. The van der Waals surface area contributed by atoms with Crippen LogP contribution in [0.2, 0.25) is 0 Å². The molecule has 0 aliphatic rings. The minimum atomic E-state index is -0.402. The van der Waals surface area contributed by atoms with E-state index in [2.05, 4.69) is 5.32 Å². The van der Waals surface area contributed by atoms with Gasteiger partial charge in [0.2, 0.25) is 0 Å². The molecule has 23 heavy (non-hydrogen) atoms. The van der Waals surface area contributed by atoms with Crippen LogP contribution in [0.3, 0.4) is 0 Å². The number of rotatable bonds is 7. The molecule has 0 fully saturated rings. The number of aliphatic hydroxyl groups excluding tert-OH is 1. The predicted molar refractivity (Wildman–Crippen MR) is 87.3 cm³/mol. The molecule has 0 saturated carbocycles. The molecule has 4 nitrogen and oxygen atoms in total. The van der Waals surface area contributed by atoms with Gasteiger partial charge in [-0.25, -0.2) is 4.39 Å². The topological polar surface area (TPSA) is 50.7 Å². The third-order valence-corrected chi connectivity index (χ3v) is 3.81. The average Bonchev–Trinajstić information content (AvgIpc) is 2.59. The van der Waals surface area contributed by atoms with E-state index in [1.807, 2.05) is 31.2 Å². The van der Waals surface area contributed by atoms with Crippen molar-refractivity contribution in [3.63, 3.8) is 0 Å². The molecular weight excluding hydrogens is 297 g/mol. The van der Waals surface area contributed by atoms with Gasteiger partial charge in [-0.1, -0.05) is 18.2 Å². The second-order valence-electron chi connectivity index (χ2n) is 5.29. The maximum atomic E-state index is 13.8. The van der Waals surface area contributed by atoms with Gasteiger partial charge in [0.05, 0.1) is 26.9 Å². The maximum absolute atomic E-state index is 13.8. The number of aliphatic hydroxyl groups is 1. The van der Waals surface area contributed by atoms with E-state index in [4.69, 9.17) is 9.47 Å². The van der Waals surface area contributed by atoms with E-state index in [1.165, 1.54) is 13.2 Å². The second kappa shape index (κ2) is 7.94. The summed E-state index contributed by atoms with van der Waals surface area (Å²) in [6, 6.07) is 11.9. The Morgan fingerprint density at radius 1 is 1.09 bits per heavy atom. The Morgan fingerprint density at radius 3 is 2.48 bits per heavy atom. The van der Waals surface area contributed by atoms with Crippen LogP contribution in [0, 0.1) is 5.82 Å². The molecule has 0 radical (unpaired) electrons. The molecule has 0 spiro atoms. The third-order valence-electron chi connectivity index (χ3n) is 3.81. The molecular formula is C18H22FNO3. The van der Waals surface area contributed by atoms with Gasteiger partial charge in [0.15, 0.2) is 11.6 Å². The number of ether oxygens (including phenoxy) is 2. The Morgan fingerprint density at radius 2 is 1.87 bits per heavy atom. The van der Waals surface area contributed by atoms with Gasteiger partial charge in [-0.15, -0.1) is 0 Å². The number of hydrogen-bond donors (Lipinski definition) is 2. The van der Waals surface area contributed by atoms with Crippen LogP contribution in [0.1, 0.15) is 30.1 Å². The fraction of sp³-hybridized carbons (Fsp3) is 0.333. The first-order valence-electron chi connectivity index (χ1n) is 7.43. The zero-order valence-electron chi connectivity index (χ0n) is 13.5. The summed E-state index contributed by atoms with van der Waals surface area (Å²) in [5.41, 5.74) is 1.69. The lowest BCUT2D eigenvalue weighted by Gasteiger charge is -2.23. The standard InChI is InChI=1S/C18H22FNO3/c1-12(13-7-8-18(23-3)16(19)10-13)20-17(11-21)14-5-4-6-15(9-14)22-2/h4-10,12,17,20-21H,11H2,1-3H3. The fourth-order valence-electron chi connectivity index (χ4n) is 2.46. The summed E-state index contributed by atoms with van der Waals surface area (Å²) in [6.45, 7) is 1.85. The number of nitrogens with one attached hydrogen (secondary N) is 1. The van der Waals surface area contributed by atoms with Crippen LogP contribution < -0.4 is 14.8 Å². The van der Waals surface area contributed by atoms with Gasteiger partial charge >= 0.3 is 0 Å². The van der Waals surface area contributed by atoms with Crippen molar-refractivity contribution in [1.82, 2.24) is 5.32 Å². The van der Waals surface area contributed by atoms with Gasteiger partial charge in [0, 0.05) is 6.04 Å². The van der Waals surface area contributed by atoms with Gasteiger partial charge in [-0.3, -0.25) is 0 Å². The van der Waals surface area contributed by atoms with Crippen LogP contribution in [0.4, 0.5) is 4.39 Å². The minimum Gasteiger partial charge on any atom is -0.497 e. The molecule has 2 aromatic rings. The zero-order valence-corrected chi connectivity index (χ0v) is 13.5. The Labute approximate surface area is 135 Å². The maximum Gasteiger partial charge on any atom is 0.165 e. The molecule has 2 N–H and O–H groups in total. The number of methoxy groups -OCH3 is 2. The van der Waals surface area contributed by atoms with Crippen molar-refractivity contribution in [1.29, 1.82) is 0 Å². The third kappa shape index (κ3) is 4.21. The highest BCUT2D eigenvalue weighted by molar-refractivity contribution is 5.33. The summed E-state index contributed by atoms with van der Waals surface area (Å²) in [4.78, 5) is 0. The molecule has 2 rings (SSSR count). The van der Waals surface area contributed by atoms with E-state index >= 15 is 0 Å². The quantitative estimate of drug-likeness (QED) is 0.823. The highest BCUT2D eigenvalue weighted by Crippen LogP contribution is 2.25. The molecule has 0 amide bonds. The lowest BCUT2D eigenvalue weighted by atomic mass is 10.0. The number of halogens is 1. The minimum absolute atomic E-state index is 0.0733. The predicted octanol–water partition coefficient (Wildman–Crippen LogP) is 3.23. The summed E-state index contributed by atoms with van der Waals surface area (Å²) in [5.74, 6) is 0.541. The normalized spacial score (nSPS) is 13.4. The lowest BCUT2D eigenvalue weighted by Crippen LogP contribution is -2.27. The Hall–Kier alpha value is -2.11. The van der Waals surface area contributed by atoms with Crippen LogP contribution >= 0.6 is 0 Å². The summed E-state index contributed by atoms with van der Waals surface area (Å²) in [7, 11) is 3.04. The van der Waals surface area contributed by atoms with Crippen molar-refractivity contribution in [2.75, 3.05) is 20.8 Å². The smallest absolute Gasteiger partial charge is 0.165 e. The molecule has 2 aromatic carbocycles. The first-order chi connectivity index (χ1) is 11.1. The van der Waals surface area contributed by atoms with Crippen molar-refractivity contribution in [3.8, 4) is 11.5 Å². The van der Waals surface area contributed by atoms with E-state index in [0.717, 1.165) is 16.9 Å². The van der Waals surface area contributed by atoms with Crippen LogP contribution in [0.5, 0.6) is 11.5 Å². The summed E-state index contributed by atoms with van der Waals surface area (Å²) >= 11 is 0. The second-order valence-corrected chi connectivity index (χ2v) is 5.29. The van der Waals surface area contributed by atoms with E-state index in [9.17, 15) is 9.50 Å². The van der Waals surface area contributed by atoms with Gasteiger partial charge in [-0.05, 0) is 42.3 Å². The first-order valence-corrected chi connectivity index (χ1v) is 7.43. The van der Waals surface area contributed by atoms with Crippen LogP contribution in [0.15, 0.2) is 42.5 Å². The van der Waals surface area contributed by atoms with Crippen molar-refractivity contribution >= 4 is 0 Å². The molecule has 5 heteroatoms. The Bertz CT molecular complexity index is 648. The first kappa shape index (κ1) is 17.2. The molecule has 0 aliphatic carbocycles. The van der Waals surface area contributed by atoms with Crippen LogP contribution in [-0.2, 0) is 0 Å². The van der Waals surface area contributed by atoms with Gasteiger partial charge in [0.25, 0.3) is 0 Å². The molecule has 0 aliphatic heterocycles. The van der Waals surface area contributed by atoms with Gasteiger partial charge < -0.3 is 19.9 Å². The molecule has 124 valence electrons. The van der Waals surface area contributed by atoms with Crippen molar-refractivity contribution < 1.29 is 19.0 Å². The SMILES string of the molecule is COc1cccc(C(CO)NC(C)c2ccc(OC)c(F)c2)c1. The Kier molecular flexibility index (Phi) is 5.96. The highest BCUT2D eigenvalue weighted by Gasteiger charge is 2.16. The average molecular weight is 319 g/mol. The monoisotopic (exact) mass is 319 g/mol. The molecule has 0 saturated heterocycles. The summed E-state index contributed by atoms with van der Waals surface area (Å²) < 4.78 is 24.0. The molecule has 0 bridgehead atoms. The van der Waals surface area contributed by atoms with Crippen LogP contribution in [-0.4, -0.2) is 25.9 Å². The van der Waals surface area contributed by atoms with Crippen molar-refractivity contribution in [2.24, 2.45) is 0 Å². The van der Waals surface area contributed by atoms with E-state index < -0.39 is 5.82 Å². The molecule has 2 unspecified atom stereocenters. The number of hydrogen-bond acceptors (Lipinski definition) is 4. The van der Waals surface area contributed by atoms with E-state index in [0.29, 0.717) is 0 Å². The van der Waals surface area contributed by atoms with Crippen molar-refractivity contribution in [3.05, 3.63) is 59.4 Å². The van der Waals surface area contributed by atoms with Gasteiger partial charge in [0.1, 0.15) is 5.75 Å².